The molecule has 1 aliphatic rings. The van der Waals surface area contributed by atoms with Gasteiger partial charge in [0.1, 0.15) is 27.6 Å². The molecule has 2 rings (SSSR count). The van der Waals surface area contributed by atoms with Crippen LogP contribution in [0.1, 0.15) is 38.3 Å². The highest BCUT2D eigenvalue weighted by Gasteiger charge is 2.30. The van der Waals surface area contributed by atoms with E-state index < -0.39 is 11.4 Å². The van der Waals surface area contributed by atoms with E-state index in [1.54, 1.807) is 7.11 Å². The van der Waals surface area contributed by atoms with E-state index in [-0.39, 0.29) is 4.75 Å². The molecule has 98 valence electrons. The Bertz CT molecular complexity index is 477. The molecule has 1 aliphatic carbocycles. The van der Waals surface area contributed by atoms with Crippen molar-refractivity contribution in [2.24, 2.45) is 4.40 Å². The second-order valence-electron chi connectivity index (χ2n) is 5.39. The zero-order valence-electron chi connectivity index (χ0n) is 11.3. The third-order valence-electron chi connectivity index (χ3n) is 2.97. The van der Waals surface area contributed by atoms with Gasteiger partial charge in [0.15, 0.2) is 0 Å². The monoisotopic (exact) mass is 265 g/mol. The van der Waals surface area contributed by atoms with Crippen LogP contribution >= 0.6 is 0 Å². The second kappa shape index (κ2) is 4.94. The lowest BCUT2D eigenvalue weighted by atomic mass is 10.1. The molecule has 0 fully saturated rings. The minimum absolute atomic E-state index is 0.322. The molecule has 1 aromatic carbocycles. The van der Waals surface area contributed by atoms with E-state index in [1.807, 2.05) is 32.9 Å². The maximum atomic E-state index is 12.1. The third-order valence-corrected chi connectivity index (χ3v) is 4.40. The molecule has 18 heavy (non-hydrogen) atoms. The van der Waals surface area contributed by atoms with Crippen molar-refractivity contribution in [1.82, 2.24) is 0 Å². The fourth-order valence-electron chi connectivity index (χ4n) is 1.99. The van der Waals surface area contributed by atoms with Gasteiger partial charge in [-0.1, -0.05) is 16.5 Å². The molecule has 0 spiro atoms. The molecule has 0 aliphatic heterocycles. The van der Waals surface area contributed by atoms with Gasteiger partial charge in [-0.2, -0.15) is 0 Å². The zero-order valence-corrected chi connectivity index (χ0v) is 12.1. The molecule has 1 aromatic rings. The van der Waals surface area contributed by atoms with Crippen molar-refractivity contribution in [3.05, 3.63) is 29.3 Å². The van der Waals surface area contributed by atoms with Gasteiger partial charge in [0.25, 0.3) is 0 Å². The van der Waals surface area contributed by atoms with Gasteiger partial charge < -0.3 is 9.29 Å². The van der Waals surface area contributed by atoms with Crippen molar-refractivity contribution in [3.8, 4) is 5.75 Å². The molecule has 0 bridgehead atoms. The van der Waals surface area contributed by atoms with Crippen LogP contribution < -0.4 is 4.74 Å². The normalized spacial score (nSPS) is 18.8. The Balaban J connectivity index is 2.39. The van der Waals surface area contributed by atoms with Crippen LogP contribution in [0.15, 0.2) is 22.6 Å². The number of aryl methyl sites for hydroxylation is 1. The fourth-order valence-corrected chi connectivity index (χ4v) is 2.65. The quantitative estimate of drug-likeness (QED) is 0.772. The van der Waals surface area contributed by atoms with Crippen LogP contribution in [0.3, 0.4) is 0 Å². The first-order valence-electron chi connectivity index (χ1n) is 6.09. The lowest BCUT2D eigenvalue weighted by Crippen LogP contribution is -2.26. The molecular formula is C14H19NO2S. The Hall–Kier alpha value is -1.00. The van der Waals surface area contributed by atoms with Gasteiger partial charge in [-0.25, -0.2) is 0 Å². The number of hydrogen-bond acceptors (Lipinski definition) is 3. The summed E-state index contributed by atoms with van der Waals surface area (Å²) in [7, 11) is 1.66. The largest absolute Gasteiger partial charge is 0.591 e. The van der Waals surface area contributed by atoms with Crippen LogP contribution in [-0.4, -0.2) is 22.1 Å². The van der Waals surface area contributed by atoms with Crippen LogP contribution in [0, 0.1) is 0 Å². The Morgan fingerprint density at radius 2 is 2.00 bits per heavy atom. The van der Waals surface area contributed by atoms with Crippen LogP contribution in [0.4, 0.5) is 0 Å². The molecule has 3 nitrogen and oxygen atoms in total. The summed E-state index contributed by atoms with van der Waals surface area (Å²) >= 11 is -1.21. The number of methoxy groups -OCH3 is 1. The first kappa shape index (κ1) is 13.4. The van der Waals surface area contributed by atoms with Gasteiger partial charge in [-0.05, 0) is 45.2 Å². The minimum atomic E-state index is -1.21. The lowest BCUT2D eigenvalue weighted by Gasteiger charge is -2.19. The van der Waals surface area contributed by atoms with E-state index in [1.165, 1.54) is 5.56 Å². The molecule has 1 atom stereocenters. The highest BCUT2D eigenvalue weighted by atomic mass is 32.2. The van der Waals surface area contributed by atoms with Crippen LogP contribution in [-0.2, 0) is 17.8 Å². The van der Waals surface area contributed by atoms with Crippen molar-refractivity contribution in [2.45, 2.75) is 38.4 Å². The molecule has 0 heterocycles. The van der Waals surface area contributed by atoms with E-state index in [2.05, 4.69) is 10.5 Å². The number of fused-ring (bicyclic) bond motifs is 1. The first-order valence-corrected chi connectivity index (χ1v) is 7.20. The van der Waals surface area contributed by atoms with Crippen molar-refractivity contribution in [3.63, 3.8) is 0 Å². The molecule has 0 saturated heterocycles. The Morgan fingerprint density at radius 3 is 2.61 bits per heavy atom. The summed E-state index contributed by atoms with van der Waals surface area (Å²) in [5.74, 6) is 0.828. The van der Waals surface area contributed by atoms with Crippen molar-refractivity contribution in [1.29, 1.82) is 0 Å². The number of ether oxygens (including phenoxy) is 1. The summed E-state index contributed by atoms with van der Waals surface area (Å²) < 4.78 is 21.6. The smallest absolute Gasteiger partial charge is 0.144 e. The predicted molar refractivity (Wildman–Crippen MR) is 75.7 cm³/mol. The summed E-state index contributed by atoms with van der Waals surface area (Å²) in [6.45, 7) is 5.81. The molecule has 0 aromatic heterocycles. The van der Waals surface area contributed by atoms with Gasteiger partial charge in [-0.3, -0.25) is 0 Å². The van der Waals surface area contributed by atoms with Gasteiger partial charge in [0, 0.05) is 5.56 Å². The zero-order chi connectivity index (χ0) is 13.3. The fraction of sp³-hybridized carbons (Fsp3) is 0.500. The predicted octanol–water partition coefficient (Wildman–Crippen LogP) is 2.89. The molecule has 0 amide bonds. The van der Waals surface area contributed by atoms with Gasteiger partial charge in [0.05, 0.1) is 7.11 Å². The molecule has 0 N–H and O–H groups in total. The maximum absolute atomic E-state index is 12.1. The maximum Gasteiger partial charge on any atom is 0.144 e. The summed E-state index contributed by atoms with van der Waals surface area (Å²) in [5, 5.41) is 0. The van der Waals surface area contributed by atoms with E-state index in [0.29, 0.717) is 0 Å². The number of hydrogen-bond donors (Lipinski definition) is 0. The minimum Gasteiger partial charge on any atom is -0.591 e. The molecule has 0 radical (unpaired) electrons. The Labute approximate surface area is 112 Å². The van der Waals surface area contributed by atoms with Crippen molar-refractivity contribution < 1.29 is 9.29 Å². The van der Waals surface area contributed by atoms with Gasteiger partial charge in [0.2, 0.25) is 0 Å². The second-order valence-corrected chi connectivity index (χ2v) is 7.30. The number of benzene rings is 1. The third kappa shape index (κ3) is 2.54. The molecular weight excluding hydrogens is 246 g/mol. The Morgan fingerprint density at radius 1 is 1.28 bits per heavy atom. The average molecular weight is 265 g/mol. The summed E-state index contributed by atoms with van der Waals surface area (Å²) in [6, 6.07) is 6.00. The molecule has 0 saturated carbocycles. The van der Waals surface area contributed by atoms with E-state index in [0.717, 1.165) is 29.9 Å². The first-order chi connectivity index (χ1) is 8.43. The number of nitrogens with zero attached hydrogens (tertiary/aromatic N) is 1. The SMILES string of the molecule is COc1cccc2c1C(=N[S+]([O-])C(C)(C)C)CC2. The topological polar surface area (TPSA) is 44.6 Å². The van der Waals surface area contributed by atoms with Gasteiger partial charge in [-0.15, -0.1) is 0 Å². The molecule has 1 unspecified atom stereocenters. The van der Waals surface area contributed by atoms with E-state index >= 15 is 0 Å². The summed E-state index contributed by atoms with van der Waals surface area (Å²) in [5.41, 5.74) is 3.19. The van der Waals surface area contributed by atoms with Crippen molar-refractivity contribution >= 4 is 17.1 Å². The molecule has 4 heteroatoms. The standard InChI is InChI=1S/C14H19NO2S/c1-14(2,3)18(16)15-11-9-8-10-6-5-7-12(17-4)13(10)11/h5-7H,8-9H2,1-4H3. The number of rotatable bonds is 2. The van der Waals surface area contributed by atoms with E-state index in [9.17, 15) is 4.55 Å². The lowest BCUT2D eigenvalue weighted by molar-refractivity contribution is 0.414. The highest BCUT2D eigenvalue weighted by molar-refractivity contribution is 7.91. The van der Waals surface area contributed by atoms with Gasteiger partial charge >= 0.3 is 0 Å². The average Bonchev–Trinajstić information content (AvgIpc) is 2.71. The van der Waals surface area contributed by atoms with Crippen LogP contribution in [0.2, 0.25) is 0 Å². The highest BCUT2D eigenvalue weighted by Crippen LogP contribution is 2.32. The van der Waals surface area contributed by atoms with E-state index in [4.69, 9.17) is 4.74 Å². The Kier molecular flexibility index (Phi) is 3.69. The van der Waals surface area contributed by atoms with Crippen LogP contribution in [0.5, 0.6) is 5.75 Å². The van der Waals surface area contributed by atoms with Crippen LogP contribution in [0.25, 0.3) is 0 Å². The summed E-state index contributed by atoms with van der Waals surface area (Å²) in [6.07, 6.45) is 1.80. The van der Waals surface area contributed by atoms with Crippen molar-refractivity contribution in [2.75, 3.05) is 7.11 Å². The summed E-state index contributed by atoms with van der Waals surface area (Å²) in [4.78, 5) is 0.